The molecular formula is C17H25NS. The van der Waals surface area contributed by atoms with Gasteiger partial charge >= 0.3 is 0 Å². The van der Waals surface area contributed by atoms with E-state index in [1.165, 1.54) is 29.9 Å². The topological polar surface area (TPSA) is 12.0 Å². The largest absolute Gasteiger partial charge is 0.313 e. The maximum atomic E-state index is 3.83. The van der Waals surface area contributed by atoms with Gasteiger partial charge < -0.3 is 5.32 Å². The molecule has 2 unspecified atom stereocenters. The van der Waals surface area contributed by atoms with Gasteiger partial charge in [-0.25, -0.2) is 0 Å². The Bertz CT molecular complexity index is 402. The zero-order valence-corrected chi connectivity index (χ0v) is 12.7. The van der Waals surface area contributed by atoms with Gasteiger partial charge in [0.25, 0.3) is 0 Å². The molecular weight excluding hydrogens is 250 g/mol. The molecule has 104 valence electrons. The van der Waals surface area contributed by atoms with E-state index in [1.54, 1.807) is 5.56 Å². The Hall–Kier alpha value is -0.730. The molecule has 0 saturated carbocycles. The van der Waals surface area contributed by atoms with Crippen LogP contribution in [0.25, 0.3) is 0 Å². The van der Waals surface area contributed by atoms with Crippen molar-refractivity contribution in [2.75, 3.05) is 12.3 Å². The normalized spacial score (nSPS) is 19.1. The second kappa shape index (κ2) is 7.76. The second-order valence-corrected chi connectivity index (χ2v) is 6.30. The lowest BCUT2D eigenvalue weighted by Gasteiger charge is -2.25. The molecule has 0 aliphatic carbocycles. The number of benzene rings is 1. The Morgan fingerprint density at radius 3 is 3.11 bits per heavy atom. The van der Waals surface area contributed by atoms with Crippen LogP contribution in [-0.2, 0) is 0 Å². The zero-order valence-electron chi connectivity index (χ0n) is 11.9. The van der Waals surface area contributed by atoms with Crippen LogP contribution in [0.1, 0.15) is 44.1 Å². The summed E-state index contributed by atoms with van der Waals surface area (Å²) in [6.07, 6.45) is 6.87. The lowest BCUT2D eigenvalue weighted by Crippen LogP contribution is -2.35. The van der Waals surface area contributed by atoms with E-state index < -0.39 is 0 Å². The molecule has 1 aromatic rings. The summed E-state index contributed by atoms with van der Waals surface area (Å²) in [5.41, 5.74) is 1.56. The van der Waals surface area contributed by atoms with Crippen molar-refractivity contribution in [1.82, 2.24) is 5.32 Å². The minimum absolute atomic E-state index is 0.621. The van der Waals surface area contributed by atoms with Crippen LogP contribution in [0, 0.1) is 0 Å². The van der Waals surface area contributed by atoms with E-state index in [9.17, 15) is 0 Å². The average Bonchev–Trinajstić information content (AvgIpc) is 2.87. The quantitative estimate of drug-likeness (QED) is 0.549. The van der Waals surface area contributed by atoms with Crippen LogP contribution < -0.4 is 5.32 Å². The maximum Gasteiger partial charge on any atom is 0.0144 e. The number of thioether (sulfide) groups is 1. The van der Waals surface area contributed by atoms with Gasteiger partial charge in [-0.2, -0.15) is 0 Å². The van der Waals surface area contributed by atoms with Crippen molar-refractivity contribution in [3.8, 4) is 0 Å². The summed E-state index contributed by atoms with van der Waals surface area (Å²) < 4.78 is 0. The molecule has 0 amide bonds. The van der Waals surface area contributed by atoms with Crippen LogP contribution in [-0.4, -0.2) is 18.3 Å². The summed E-state index contributed by atoms with van der Waals surface area (Å²) in [4.78, 5) is 1.49. The first-order valence-corrected chi connectivity index (χ1v) is 8.41. The standard InChI is InChI=1S/C17H25NS/c1-3-5-6-10-16(18-12-4-2)15-13-19-17-11-8-7-9-14(15)17/h3,7-9,11,15-16,18H,1,4-6,10,12-13H2,2H3. The summed E-state index contributed by atoms with van der Waals surface area (Å²) in [6, 6.07) is 9.53. The van der Waals surface area contributed by atoms with Gasteiger partial charge in [0.2, 0.25) is 0 Å². The smallest absolute Gasteiger partial charge is 0.0144 e. The van der Waals surface area contributed by atoms with E-state index in [0.717, 1.165) is 13.0 Å². The fourth-order valence-electron chi connectivity index (χ4n) is 2.78. The van der Waals surface area contributed by atoms with Crippen LogP contribution in [0.5, 0.6) is 0 Å². The third kappa shape index (κ3) is 3.87. The molecule has 1 heterocycles. The monoisotopic (exact) mass is 275 g/mol. The molecule has 2 heteroatoms. The summed E-state index contributed by atoms with van der Waals surface area (Å²) in [6.45, 7) is 7.20. The van der Waals surface area contributed by atoms with Crippen molar-refractivity contribution in [2.45, 2.75) is 49.5 Å². The molecule has 0 saturated heterocycles. The predicted octanol–water partition coefficient (Wildman–Crippen LogP) is 4.60. The summed E-state index contributed by atoms with van der Waals surface area (Å²) >= 11 is 2.02. The van der Waals surface area contributed by atoms with Crippen LogP contribution >= 0.6 is 11.8 Å². The number of fused-ring (bicyclic) bond motifs is 1. The van der Waals surface area contributed by atoms with E-state index in [0.29, 0.717) is 12.0 Å². The van der Waals surface area contributed by atoms with Gasteiger partial charge in [-0.1, -0.05) is 31.2 Å². The van der Waals surface area contributed by atoms with E-state index in [4.69, 9.17) is 0 Å². The van der Waals surface area contributed by atoms with Crippen LogP contribution in [0.2, 0.25) is 0 Å². The Kier molecular flexibility index (Phi) is 5.99. The number of unbranched alkanes of at least 4 members (excludes halogenated alkanes) is 1. The summed E-state index contributed by atoms with van der Waals surface area (Å²) in [7, 11) is 0. The van der Waals surface area contributed by atoms with E-state index in [-0.39, 0.29) is 0 Å². The summed E-state index contributed by atoms with van der Waals surface area (Å²) in [5, 5.41) is 3.76. The van der Waals surface area contributed by atoms with Gasteiger partial charge in [0.05, 0.1) is 0 Å². The number of hydrogen-bond acceptors (Lipinski definition) is 2. The van der Waals surface area contributed by atoms with Crippen LogP contribution in [0.3, 0.4) is 0 Å². The molecule has 1 N–H and O–H groups in total. The van der Waals surface area contributed by atoms with Gasteiger partial charge in [-0.05, 0) is 43.9 Å². The molecule has 1 aliphatic heterocycles. The Morgan fingerprint density at radius 1 is 1.47 bits per heavy atom. The molecule has 1 aliphatic rings. The van der Waals surface area contributed by atoms with Crippen LogP contribution in [0.15, 0.2) is 41.8 Å². The van der Waals surface area contributed by atoms with E-state index >= 15 is 0 Å². The Balaban J connectivity index is 2.03. The lowest BCUT2D eigenvalue weighted by molar-refractivity contribution is 0.420. The van der Waals surface area contributed by atoms with Crippen LogP contribution in [0.4, 0.5) is 0 Å². The molecule has 19 heavy (non-hydrogen) atoms. The maximum absolute atomic E-state index is 3.83. The number of nitrogens with one attached hydrogen (secondary N) is 1. The molecule has 1 aromatic carbocycles. The molecule has 2 atom stereocenters. The fraction of sp³-hybridized carbons (Fsp3) is 0.529. The highest BCUT2D eigenvalue weighted by molar-refractivity contribution is 7.99. The highest BCUT2D eigenvalue weighted by Crippen LogP contribution is 2.41. The highest BCUT2D eigenvalue weighted by atomic mass is 32.2. The SMILES string of the molecule is C=CCCCC(NCCC)C1CSc2ccccc21. The third-order valence-electron chi connectivity index (χ3n) is 3.80. The van der Waals surface area contributed by atoms with Gasteiger partial charge in [0, 0.05) is 22.6 Å². The molecule has 0 spiro atoms. The number of rotatable bonds is 8. The molecule has 0 bridgehead atoms. The first-order chi connectivity index (χ1) is 9.36. The van der Waals surface area contributed by atoms with Gasteiger partial charge in [-0.15, -0.1) is 18.3 Å². The average molecular weight is 275 g/mol. The van der Waals surface area contributed by atoms with Gasteiger partial charge in [-0.3, -0.25) is 0 Å². The van der Waals surface area contributed by atoms with Crippen molar-refractivity contribution < 1.29 is 0 Å². The second-order valence-electron chi connectivity index (χ2n) is 5.24. The third-order valence-corrected chi connectivity index (χ3v) is 5.01. The Labute approximate surface area is 121 Å². The van der Waals surface area contributed by atoms with Crippen molar-refractivity contribution in [1.29, 1.82) is 0 Å². The minimum atomic E-state index is 0.621. The van der Waals surface area contributed by atoms with Crippen molar-refractivity contribution in [2.24, 2.45) is 0 Å². The first-order valence-electron chi connectivity index (χ1n) is 7.42. The highest BCUT2D eigenvalue weighted by Gasteiger charge is 2.29. The molecule has 1 nitrogen and oxygen atoms in total. The van der Waals surface area contributed by atoms with Gasteiger partial charge in [0.15, 0.2) is 0 Å². The predicted molar refractivity (Wildman–Crippen MR) is 86.0 cm³/mol. The zero-order chi connectivity index (χ0) is 13.5. The van der Waals surface area contributed by atoms with E-state index in [1.807, 2.05) is 17.8 Å². The Morgan fingerprint density at radius 2 is 2.32 bits per heavy atom. The van der Waals surface area contributed by atoms with Crippen molar-refractivity contribution in [3.63, 3.8) is 0 Å². The van der Waals surface area contributed by atoms with Gasteiger partial charge in [0.1, 0.15) is 0 Å². The summed E-state index contributed by atoms with van der Waals surface area (Å²) in [5.74, 6) is 1.91. The molecule has 0 radical (unpaired) electrons. The molecule has 0 fully saturated rings. The molecule has 0 aromatic heterocycles. The number of hydrogen-bond donors (Lipinski definition) is 1. The van der Waals surface area contributed by atoms with Crippen molar-refractivity contribution >= 4 is 11.8 Å². The molecule has 2 rings (SSSR count). The fourth-order valence-corrected chi connectivity index (χ4v) is 4.11. The number of allylic oxidation sites excluding steroid dienone is 1. The minimum Gasteiger partial charge on any atom is -0.313 e. The van der Waals surface area contributed by atoms with Crippen molar-refractivity contribution in [3.05, 3.63) is 42.5 Å². The first kappa shape index (κ1) is 14.7. The lowest BCUT2D eigenvalue weighted by atomic mass is 9.90. The van der Waals surface area contributed by atoms with E-state index in [2.05, 4.69) is 43.1 Å².